The molecular formula is C21H28N4O3S. The van der Waals surface area contributed by atoms with Crippen LogP contribution in [0.2, 0.25) is 0 Å². The minimum absolute atomic E-state index is 0.0652. The Labute approximate surface area is 177 Å². The van der Waals surface area contributed by atoms with Gasteiger partial charge in [0.05, 0.1) is 37.9 Å². The Balaban J connectivity index is 2.00. The number of aryl methyl sites for hydroxylation is 1. The number of carbonyl (C=O) groups is 1. The molecule has 2 aromatic rings. The summed E-state index contributed by atoms with van der Waals surface area (Å²) >= 11 is 5.64. The van der Waals surface area contributed by atoms with Crippen LogP contribution >= 0.6 is 12.2 Å². The maximum atomic E-state index is 11.8. The summed E-state index contributed by atoms with van der Waals surface area (Å²) < 4.78 is 12.4. The molecule has 29 heavy (non-hydrogen) atoms. The van der Waals surface area contributed by atoms with Crippen molar-refractivity contribution in [2.75, 3.05) is 27.4 Å². The lowest BCUT2D eigenvalue weighted by Crippen LogP contribution is -2.32. The van der Waals surface area contributed by atoms with E-state index in [0.717, 1.165) is 12.2 Å². The van der Waals surface area contributed by atoms with Crippen molar-refractivity contribution < 1.29 is 14.3 Å². The molecule has 2 aromatic heterocycles. The predicted octanol–water partition coefficient (Wildman–Crippen LogP) is 2.68. The van der Waals surface area contributed by atoms with Crippen molar-refractivity contribution in [1.29, 1.82) is 0 Å². The molecule has 2 atom stereocenters. The van der Waals surface area contributed by atoms with E-state index < -0.39 is 0 Å². The molecule has 0 aliphatic carbocycles. The molecule has 0 aromatic carbocycles. The van der Waals surface area contributed by atoms with Gasteiger partial charge in [0.15, 0.2) is 5.11 Å². The van der Waals surface area contributed by atoms with Gasteiger partial charge < -0.3 is 24.3 Å². The fraction of sp³-hybridized carbons (Fsp3) is 0.476. The molecule has 0 spiro atoms. The average molecular weight is 417 g/mol. The second-order valence-electron chi connectivity index (χ2n) is 7.12. The van der Waals surface area contributed by atoms with Crippen LogP contribution in [0.3, 0.4) is 0 Å². The van der Waals surface area contributed by atoms with Crippen molar-refractivity contribution in [2.24, 2.45) is 0 Å². The van der Waals surface area contributed by atoms with E-state index in [2.05, 4.69) is 39.7 Å². The van der Waals surface area contributed by atoms with Gasteiger partial charge in [-0.05, 0) is 49.8 Å². The van der Waals surface area contributed by atoms with E-state index in [4.69, 9.17) is 21.7 Å². The van der Waals surface area contributed by atoms with Crippen LogP contribution in [0.15, 0.2) is 30.5 Å². The first-order chi connectivity index (χ1) is 14.0. The molecule has 156 valence electrons. The summed E-state index contributed by atoms with van der Waals surface area (Å²) in [7, 11) is 3.11. The number of nitrogens with one attached hydrogen (secondary N) is 1. The molecule has 0 radical (unpaired) electrons. The fourth-order valence-electron chi connectivity index (χ4n) is 3.95. The highest BCUT2D eigenvalue weighted by molar-refractivity contribution is 7.80. The number of hydrogen-bond donors (Lipinski definition) is 1. The zero-order valence-electron chi connectivity index (χ0n) is 17.3. The Kier molecular flexibility index (Phi) is 6.87. The number of esters is 1. The number of methoxy groups -OCH3 is 2. The van der Waals surface area contributed by atoms with Crippen molar-refractivity contribution in [2.45, 2.75) is 38.9 Å². The maximum absolute atomic E-state index is 11.8. The number of aromatic nitrogens is 2. The smallest absolute Gasteiger partial charge is 0.307 e. The molecule has 1 fully saturated rings. The summed E-state index contributed by atoms with van der Waals surface area (Å²) in [5.41, 5.74) is 4.42. The van der Waals surface area contributed by atoms with Gasteiger partial charge in [-0.3, -0.25) is 9.78 Å². The monoisotopic (exact) mass is 416 g/mol. The number of hydrogen-bond acceptors (Lipinski definition) is 5. The normalized spacial score (nSPS) is 18.8. The quantitative estimate of drug-likeness (QED) is 0.524. The molecular weight excluding hydrogens is 388 g/mol. The Morgan fingerprint density at radius 2 is 2.07 bits per heavy atom. The number of carbonyl (C=O) groups excluding carboxylic acids is 1. The number of thiocarbonyl (C=S) groups is 1. The Morgan fingerprint density at radius 1 is 1.28 bits per heavy atom. The molecule has 1 N–H and O–H groups in total. The van der Waals surface area contributed by atoms with Crippen molar-refractivity contribution in [1.82, 2.24) is 19.8 Å². The van der Waals surface area contributed by atoms with Gasteiger partial charge in [-0.15, -0.1) is 0 Å². The first kappa shape index (κ1) is 21.3. The lowest BCUT2D eigenvalue weighted by atomic mass is 9.96. The van der Waals surface area contributed by atoms with E-state index in [0.29, 0.717) is 18.3 Å². The first-order valence-electron chi connectivity index (χ1n) is 9.68. The van der Waals surface area contributed by atoms with Crippen molar-refractivity contribution in [3.8, 4) is 0 Å². The van der Waals surface area contributed by atoms with Crippen LogP contribution in [-0.2, 0) is 20.8 Å². The molecule has 0 saturated carbocycles. The van der Waals surface area contributed by atoms with E-state index in [-0.39, 0.29) is 24.5 Å². The summed E-state index contributed by atoms with van der Waals surface area (Å²) in [6.45, 7) is 6.13. The fourth-order valence-corrected chi connectivity index (χ4v) is 4.28. The SMILES string of the molecule is COCCn1c(C)cc([C@@H]2[C@H](c3ccccn3)NC(=S)N2CCC(=O)OC)c1C. The second-order valence-corrected chi connectivity index (χ2v) is 7.50. The van der Waals surface area contributed by atoms with E-state index in [1.54, 1.807) is 13.3 Å². The maximum Gasteiger partial charge on any atom is 0.307 e. The standard InChI is InChI=1S/C21H28N4O3S/c1-14-13-16(15(2)24(14)11-12-27-3)20-19(17-7-5-6-9-22-17)23-21(29)25(20)10-8-18(26)28-4/h5-7,9,13,19-20H,8,10-12H2,1-4H3,(H,23,29)/t19-,20+/m0/s1. The van der Waals surface area contributed by atoms with Gasteiger partial charge in [0.25, 0.3) is 0 Å². The number of ether oxygens (including phenoxy) is 2. The van der Waals surface area contributed by atoms with Gasteiger partial charge in [-0.25, -0.2) is 0 Å². The molecule has 0 bridgehead atoms. The predicted molar refractivity (Wildman–Crippen MR) is 115 cm³/mol. The van der Waals surface area contributed by atoms with E-state index in [1.807, 2.05) is 18.2 Å². The molecule has 7 nitrogen and oxygen atoms in total. The zero-order chi connectivity index (χ0) is 21.0. The zero-order valence-corrected chi connectivity index (χ0v) is 18.2. The largest absolute Gasteiger partial charge is 0.469 e. The average Bonchev–Trinajstić information content (AvgIpc) is 3.20. The van der Waals surface area contributed by atoms with Gasteiger partial charge in [0.1, 0.15) is 0 Å². The lowest BCUT2D eigenvalue weighted by Gasteiger charge is -2.28. The molecule has 0 unspecified atom stereocenters. The molecule has 1 aliphatic heterocycles. The highest BCUT2D eigenvalue weighted by atomic mass is 32.1. The van der Waals surface area contributed by atoms with Crippen LogP contribution in [0, 0.1) is 13.8 Å². The number of nitrogens with zero attached hydrogens (tertiary/aromatic N) is 3. The molecule has 0 amide bonds. The van der Waals surface area contributed by atoms with E-state index in [1.165, 1.54) is 24.1 Å². The van der Waals surface area contributed by atoms with Gasteiger partial charge in [0.2, 0.25) is 0 Å². The Bertz CT molecular complexity index is 868. The van der Waals surface area contributed by atoms with Crippen molar-refractivity contribution in [3.63, 3.8) is 0 Å². The highest BCUT2D eigenvalue weighted by Crippen LogP contribution is 2.40. The van der Waals surface area contributed by atoms with Crippen LogP contribution in [0.25, 0.3) is 0 Å². The van der Waals surface area contributed by atoms with Crippen LogP contribution in [0.5, 0.6) is 0 Å². The topological polar surface area (TPSA) is 68.6 Å². The van der Waals surface area contributed by atoms with Crippen LogP contribution in [0.1, 0.15) is 41.1 Å². The van der Waals surface area contributed by atoms with Crippen LogP contribution in [0.4, 0.5) is 0 Å². The van der Waals surface area contributed by atoms with Gasteiger partial charge >= 0.3 is 5.97 Å². The molecule has 1 saturated heterocycles. The summed E-state index contributed by atoms with van der Waals surface area (Å²) in [6.07, 6.45) is 2.06. The molecule has 3 rings (SSSR count). The van der Waals surface area contributed by atoms with Gasteiger partial charge in [-0.1, -0.05) is 6.07 Å². The molecule has 8 heteroatoms. The third kappa shape index (κ3) is 4.43. The van der Waals surface area contributed by atoms with Gasteiger partial charge in [-0.2, -0.15) is 0 Å². The summed E-state index contributed by atoms with van der Waals surface area (Å²) in [4.78, 5) is 18.4. The van der Waals surface area contributed by atoms with Crippen LogP contribution < -0.4 is 5.32 Å². The minimum Gasteiger partial charge on any atom is -0.469 e. The van der Waals surface area contributed by atoms with Gasteiger partial charge in [0, 0.05) is 37.8 Å². The lowest BCUT2D eigenvalue weighted by molar-refractivity contribution is -0.140. The second kappa shape index (κ2) is 9.37. The molecule has 1 aliphatic rings. The number of rotatable bonds is 8. The Morgan fingerprint density at radius 3 is 2.72 bits per heavy atom. The number of pyridine rings is 1. The van der Waals surface area contributed by atoms with E-state index in [9.17, 15) is 4.79 Å². The van der Waals surface area contributed by atoms with Crippen molar-refractivity contribution in [3.05, 3.63) is 53.1 Å². The summed E-state index contributed by atoms with van der Waals surface area (Å²) in [5.74, 6) is -0.251. The summed E-state index contributed by atoms with van der Waals surface area (Å²) in [6, 6.07) is 7.91. The van der Waals surface area contributed by atoms with Crippen molar-refractivity contribution >= 4 is 23.3 Å². The van der Waals surface area contributed by atoms with E-state index >= 15 is 0 Å². The Hall–Kier alpha value is -2.45. The third-order valence-corrected chi connectivity index (χ3v) is 5.79. The van der Waals surface area contributed by atoms with Crippen LogP contribution in [-0.4, -0.2) is 52.9 Å². The molecule has 3 heterocycles. The summed E-state index contributed by atoms with van der Waals surface area (Å²) in [5, 5.41) is 4.04. The highest BCUT2D eigenvalue weighted by Gasteiger charge is 2.41. The first-order valence-corrected chi connectivity index (χ1v) is 10.1. The third-order valence-electron chi connectivity index (χ3n) is 5.43. The minimum atomic E-state index is -0.251.